The second-order valence-electron chi connectivity index (χ2n) is 9.56. The minimum Gasteiger partial charge on any atom is -0.379 e. The first-order valence-electron chi connectivity index (χ1n) is 12.5. The van der Waals surface area contributed by atoms with Gasteiger partial charge < -0.3 is 14.5 Å². The fourth-order valence-electron chi connectivity index (χ4n) is 5.03. The molecule has 38 heavy (non-hydrogen) atoms. The van der Waals surface area contributed by atoms with E-state index in [0.29, 0.717) is 47.6 Å². The normalized spacial score (nSPS) is 18.5. The number of carbonyl (C=O) groups excluding carboxylic acids is 2. The van der Waals surface area contributed by atoms with Crippen LogP contribution in [0.5, 0.6) is 0 Å². The number of amides is 2. The Balaban J connectivity index is 1.60. The maximum Gasteiger partial charge on any atom is 0.257 e. The monoisotopic (exact) mass is 663 g/mol. The number of halogens is 3. The highest BCUT2D eigenvalue weighted by Gasteiger charge is 2.41. The number of nitrogens with zero attached hydrogens (tertiary/aromatic N) is 3. The summed E-state index contributed by atoms with van der Waals surface area (Å²) in [6, 6.07) is 17.7. The third kappa shape index (κ3) is 5.87. The number of hydrogen-bond acceptors (Lipinski definition) is 4. The third-order valence-electron chi connectivity index (χ3n) is 7.13. The number of aryl methyl sites for hydroxylation is 1. The lowest BCUT2D eigenvalue weighted by atomic mass is 10.0. The third-order valence-corrected chi connectivity index (χ3v) is 8.28. The fourth-order valence-corrected chi connectivity index (χ4v) is 5.88. The second-order valence-corrected chi connectivity index (χ2v) is 11.7. The zero-order chi connectivity index (χ0) is 26.8. The van der Waals surface area contributed by atoms with Gasteiger partial charge in [-0.2, -0.15) is 0 Å². The summed E-state index contributed by atoms with van der Waals surface area (Å²) in [6.07, 6.45) is 0. The molecule has 1 fully saturated rings. The number of ether oxygens (including phenoxy) is 1. The molecule has 0 bridgehead atoms. The highest BCUT2D eigenvalue weighted by Crippen LogP contribution is 2.37. The summed E-state index contributed by atoms with van der Waals surface area (Å²) in [7, 11) is 0. The smallest absolute Gasteiger partial charge is 0.257 e. The highest BCUT2D eigenvalue weighted by atomic mass is 127. The molecule has 198 valence electrons. The molecule has 1 atom stereocenters. The standard InChI is InChI=1S/C29H28Cl2IN3O3/c1-19-16-23(31)7-4-21(19)18-35-27(20-2-5-22(30)6-3-20)29(37)34(11-10-33-12-14-38-15-13-33)26-9-8-24(32)17-25(26)28(35)36/h2-9,16-17,27H,10-15,18H2,1H3. The molecule has 2 aliphatic rings. The SMILES string of the molecule is Cc1cc(Cl)ccc1CN1C(=O)c2cc(I)ccc2N(CCN2CCOCC2)C(=O)C1c1ccc(Cl)cc1. The van der Waals surface area contributed by atoms with Gasteiger partial charge in [-0.15, -0.1) is 0 Å². The van der Waals surface area contributed by atoms with E-state index in [4.69, 9.17) is 27.9 Å². The lowest BCUT2D eigenvalue weighted by molar-refractivity contribution is -0.123. The molecule has 0 radical (unpaired) electrons. The van der Waals surface area contributed by atoms with E-state index in [1.165, 1.54) is 0 Å². The minimum absolute atomic E-state index is 0.138. The molecule has 1 unspecified atom stereocenters. The minimum atomic E-state index is -0.815. The van der Waals surface area contributed by atoms with Gasteiger partial charge in [0.1, 0.15) is 6.04 Å². The number of morpholine rings is 1. The summed E-state index contributed by atoms with van der Waals surface area (Å²) >= 11 is 14.6. The molecule has 2 heterocycles. The number of carbonyl (C=O) groups is 2. The Kier molecular flexibility index (Phi) is 8.59. The molecule has 2 aliphatic heterocycles. The van der Waals surface area contributed by atoms with Crippen LogP contribution in [0.15, 0.2) is 60.7 Å². The molecule has 3 aromatic rings. The Hall–Kier alpha value is -2.17. The molecule has 2 amide bonds. The van der Waals surface area contributed by atoms with Crippen LogP contribution in [0.25, 0.3) is 0 Å². The molecule has 9 heteroatoms. The summed E-state index contributed by atoms with van der Waals surface area (Å²) in [5.41, 5.74) is 3.78. The van der Waals surface area contributed by atoms with Crippen LogP contribution in [0, 0.1) is 10.5 Å². The molecule has 0 spiro atoms. The molecule has 0 aromatic heterocycles. The quantitative estimate of drug-likeness (QED) is 0.305. The van der Waals surface area contributed by atoms with E-state index in [1.807, 2.05) is 55.5 Å². The summed E-state index contributed by atoms with van der Waals surface area (Å²) in [5.74, 6) is -0.324. The number of anilines is 1. The fraction of sp³-hybridized carbons (Fsp3) is 0.310. The molecule has 1 saturated heterocycles. The van der Waals surface area contributed by atoms with E-state index in [0.717, 1.165) is 33.4 Å². The van der Waals surface area contributed by atoms with E-state index in [9.17, 15) is 9.59 Å². The topological polar surface area (TPSA) is 53.1 Å². The van der Waals surface area contributed by atoms with Gasteiger partial charge in [0, 0.05) is 46.3 Å². The molecule has 0 N–H and O–H groups in total. The van der Waals surface area contributed by atoms with Crippen molar-refractivity contribution < 1.29 is 14.3 Å². The lowest BCUT2D eigenvalue weighted by Crippen LogP contribution is -2.46. The Morgan fingerprint density at radius 3 is 2.34 bits per heavy atom. The molecule has 5 rings (SSSR count). The van der Waals surface area contributed by atoms with Gasteiger partial charge in [0.25, 0.3) is 11.8 Å². The van der Waals surface area contributed by atoms with Gasteiger partial charge >= 0.3 is 0 Å². The van der Waals surface area contributed by atoms with Crippen LogP contribution in [0.1, 0.15) is 33.1 Å². The predicted molar refractivity (Wildman–Crippen MR) is 159 cm³/mol. The summed E-state index contributed by atoms with van der Waals surface area (Å²) in [4.78, 5) is 34.5. The van der Waals surface area contributed by atoms with Gasteiger partial charge in [-0.3, -0.25) is 14.5 Å². The van der Waals surface area contributed by atoms with Crippen LogP contribution in [0.4, 0.5) is 5.69 Å². The van der Waals surface area contributed by atoms with Crippen molar-refractivity contribution in [3.05, 3.63) is 96.5 Å². The lowest BCUT2D eigenvalue weighted by Gasteiger charge is -2.33. The molecule has 6 nitrogen and oxygen atoms in total. The van der Waals surface area contributed by atoms with Crippen molar-refractivity contribution in [1.82, 2.24) is 9.80 Å². The van der Waals surface area contributed by atoms with Crippen molar-refractivity contribution in [2.75, 3.05) is 44.3 Å². The molecule has 3 aromatic carbocycles. The zero-order valence-corrected chi connectivity index (χ0v) is 24.7. The largest absolute Gasteiger partial charge is 0.379 e. The zero-order valence-electron chi connectivity index (χ0n) is 21.0. The van der Waals surface area contributed by atoms with Crippen LogP contribution in [0.2, 0.25) is 10.0 Å². The van der Waals surface area contributed by atoms with Crippen molar-refractivity contribution >= 4 is 63.3 Å². The number of hydrogen-bond donors (Lipinski definition) is 0. The molecule has 0 saturated carbocycles. The van der Waals surface area contributed by atoms with Gasteiger partial charge in [0.05, 0.1) is 24.5 Å². The number of benzene rings is 3. The van der Waals surface area contributed by atoms with E-state index >= 15 is 0 Å². The first kappa shape index (κ1) is 27.4. The van der Waals surface area contributed by atoms with Crippen LogP contribution in [-0.2, 0) is 16.1 Å². The van der Waals surface area contributed by atoms with Gasteiger partial charge in [0.2, 0.25) is 0 Å². The van der Waals surface area contributed by atoms with Crippen LogP contribution in [-0.4, -0.2) is 61.0 Å². The van der Waals surface area contributed by atoms with Gasteiger partial charge in [-0.1, -0.05) is 41.4 Å². The Morgan fingerprint density at radius 1 is 0.921 bits per heavy atom. The predicted octanol–water partition coefficient (Wildman–Crippen LogP) is 5.97. The Morgan fingerprint density at radius 2 is 1.63 bits per heavy atom. The summed E-state index contributed by atoms with van der Waals surface area (Å²) < 4.78 is 6.43. The van der Waals surface area contributed by atoms with Crippen LogP contribution in [0.3, 0.4) is 0 Å². The van der Waals surface area contributed by atoms with E-state index in [1.54, 1.807) is 21.9 Å². The average molecular weight is 664 g/mol. The van der Waals surface area contributed by atoms with E-state index in [2.05, 4.69) is 27.5 Å². The van der Waals surface area contributed by atoms with E-state index < -0.39 is 6.04 Å². The van der Waals surface area contributed by atoms with Gasteiger partial charge in [0.15, 0.2) is 0 Å². The van der Waals surface area contributed by atoms with Crippen molar-refractivity contribution in [3.8, 4) is 0 Å². The van der Waals surface area contributed by atoms with Crippen LogP contribution >= 0.6 is 45.8 Å². The average Bonchev–Trinajstić information content (AvgIpc) is 2.98. The second kappa shape index (κ2) is 11.9. The van der Waals surface area contributed by atoms with Crippen molar-refractivity contribution in [2.24, 2.45) is 0 Å². The van der Waals surface area contributed by atoms with Crippen LogP contribution < -0.4 is 4.90 Å². The Labute approximate surface area is 246 Å². The Bertz CT molecular complexity index is 1350. The number of rotatable bonds is 6. The summed E-state index contributed by atoms with van der Waals surface area (Å²) in [5, 5.41) is 1.20. The van der Waals surface area contributed by atoms with Gasteiger partial charge in [-0.05, 0) is 88.7 Å². The maximum absolute atomic E-state index is 14.5. The summed E-state index contributed by atoms with van der Waals surface area (Å²) in [6.45, 7) is 6.41. The first-order valence-corrected chi connectivity index (χ1v) is 14.4. The molecular formula is C29H28Cl2IN3O3. The van der Waals surface area contributed by atoms with Crippen molar-refractivity contribution in [2.45, 2.75) is 19.5 Å². The first-order chi connectivity index (χ1) is 18.3. The van der Waals surface area contributed by atoms with Crippen molar-refractivity contribution in [1.29, 1.82) is 0 Å². The van der Waals surface area contributed by atoms with E-state index in [-0.39, 0.29) is 18.4 Å². The maximum atomic E-state index is 14.5. The van der Waals surface area contributed by atoms with Crippen molar-refractivity contribution in [3.63, 3.8) is 0 Å². The van der Waals surface area contributed by atoms with Gasteiger partial charge in [-0.25, -0.2) is 0 Å². The molecular weight excluding hydrogens is 636 g/mol. The highest BCUT2D eigenvalue weighted by molar-refractivity contribution is 14.1. The molecule has 0 aliphatic carbocycles. The number of fused-ring (bicyclic) bond motifs is 1.